The van der Waals surface area contributed by atoms with Gasteiger partial charge >= 0.3 is 0 Å². The van der Waals surface area contributed by atoms with Gasteiger partial charge in [0.15, 0.2) is 5.78 Å². The Bertz CT molecular complexity index is 873. The van der Waals surface area contributed by atoms with Gasteiger partial charge in [-0.3, -0.25) is 10.2 Å². The molecule has 1 aromatic carbocycles. The van der Waals surface area contributed by atoms with Gasteiger partial charge < -0.3 is 5.32 Å². The molecule has 4 aliphatic rings. The molecule has 0 radical (unpaired) electrons. The maximum atomic E-state index is 13.7. The molecule has 0 bridgehead atoms. The predicted molar refractivity (Wildman–Crippen MR) is 107 cm³/mol. The Morgan fingerprint density at radius 2 is 1.69 bits per heavy atom. The van der Waals surface area contributed by atoms with Crippen LogP contribution in [0.15, 0.2) is 41.6 Å². The van der Waals surface area contributed by atoms with Crippen LogP contribution in [0.3, 0.4) is 0 Å². The third kappa shape index (κ3) is 2.87. The number of rotatable bonds is 2. The monoisotopic (exact) mass is 401 g/mol. The topological polar surface area (TPSA) is 53.2 Å². The third-order valence-electron chi connectivity index (χ3n) is 7.55. The summed E-state index contributed by atoms with van der Waals surface area (Å²) in [7, 11) is 0. The second kappa shape index (κ2) is 6.11. The molecular formula is C23H29F2N3O. The van der Waals surface area contributed by atoms with Crippen molar-refractivity contribution in [2.24, 2.45) is 17.3 Å². The molecule has 156 valence electrons. The van der Waals surface area contributed by atoms with Crippen LogP contribution >= 0.6 is 0 Å². The zero-order valence-electron chi connectivity index (χ0n) is 17.2. The SMILES string of the molecule is CC1(C)CC(=O)C2=C(C1)NC1NNC(C3CC(F)(F)C3)C1[C@]2(C)c1ccccc1. The fourth-order valence-electron chi connectivity index (χ4n) is 6.29. The summed E-state index contributed by atoms with van der Waals surface area (Å²) < 4.78 is 27.3. The Labute approximate surface area is 170 Å². The Hall–Kier alpha value is -1.79. The molecule has 2 aliphatic heterocycles. The molecule has 2 fully saturated rings. The number of hydrogen-bond acceptors (Lipinski definition) is 4. The fourth-order valence-corrected chi connectivity index (χ4v) is 6.29. The number of ketones is 1. The molecular weight excluding hydrogens is 372 g/mol. The Kier molecular flexibility index (Phi) is 4.04. The number of carbonyl (C=O) groups excluding carboxylic acids is 1. The molecule has 5 rings (SSSR count). The summed E-state index contributed by atoms with van der Waals surface area (Å²) in [4.78, 5) is 13.4. The minimum absolute atomic E-state index is 0.0325. The van der Waals surface area contributed by atoms with E-state index in [2.05, 4.69) is 49.1 Å². The highest BCUT2D eigenvalue weighted by molar-refractivity contribution is 6.00. The predicted octanol–water partition coefficient (Wildman–Crippen LogP) is 3.65. The van der Waals surface area contributed by atoms with E-state index in [9.17, 15) is 13.6 Å². The van der Waals surface area contributed by atoms with Gasteiger partial charge in [0.25, 0.3) is 0 Å². The molecule has 3 unspecified atom stereocenters. The van der Waals surface area contributed by atoms with Crippen LogP contribution < -0.4 is 16.2 Å². The van der Waals surface area contributed by atoms with E-state index < -0.39 is 11.3 Å². The van der Waals surface area contributed by atoms with Crippen molar-refractivity contribution in [2.75, 3.05) is 0 Å². The molecule has 6 heteroatoms. The fraction of sp³-hybridized carbons (Fsp3) is 0.609. The van der Waals surface area contributed by atoms with Crippen molar-refractivity contribution in [3.8, 4) is 0 Å². The van der Waals surface area contributed by atoms with Crippen molar-refractivity contribution in [3.63, 3.8) is 0 Å². The Balaban J connectivity index is 1.63. The second-order valence-electron chi connectivity index (χ2n) is 10.3. The number of Topliss-reactive ketones (excluding diaryl/α,β-unsaturated/α-hetero) is 1. The van der Waals surface area contributed by atoms with E-state index in [0.717, 1.165) is 23.3 Å². The van der Waals surface area contributed by atoms with Gasteiger partial charge in [0.1, 0.15) is 0 Å². The van der Waals surface area contributed by atoms with Crippen molar-refractivity contribution < 1.29 is 13.6 Å². The molecule has 1 saturated heterocycles. The molecule has 4 atom stereocenters. The largest absolute Gasteiger partial charge is 0.371 e. The quantitative estimate of drug-likeness (QED) is 0.708. The Morgan fingerprint density at radius 1 is 1.00 bits per heavy atom. The van der Waals surface area contributed by atoms with Gasteiger partial charge in [0.05, 0.1) is 6.17 Å². The Morgan fingerprint density at radius 3 is 2.34 bits per heavy atom. The van der Waals surface area contributed by atoms with Crippen LogP contribution in [0.1, 0.15) is 52.0 Å². The maximum Gasteiger partial charge on any atom is 0.248 e. The first-order valence-electron chi connectivity index (χ1n) is 10.6. The van der Waals surface area contributed by atoms with E-state index in [4.69, 9.17) is 0 Å². The molecule has 1 aromatic rings. The number of carbonyl (C=O) groups is 1. The third-order valence-corrected chi connectivity index (χ3v) is 7.55. The lowest BCUT2D eigenvalue weighted by molar-refractivity contribution is -0.126. The van der Waals surface area contributed by atoms with E-state index in [0.29, 0.717) is 6.42 Å². The van der Waals surface area contributed by atoms with Crippen LogP contribution in [0, 0.1) is 17.3 Å². The molecule has 2 heterocycles. The lowest BCUT2D eigenvalue weighted by atomic mass is 9.55. The lowest BCUT2D eigenvalue weighted by Crippen LogP contribution is -2.60. The normalized spacial score (nSPS) is 38.1. The molecule has 29 heavy (non-hydrogen) atoms. The number of hydrogen-bond donors (Lipinski definition) is 3. The van der Waals surface area contributed by atoms with Gasteiger partial charge in [0, 0.05) is 47.9 Å². The maximum absolute atomic E-state index is 13.7. The molecule has 0 spiro atoms. The van der Waals surface area contributed by atoms with E-state index in [1.54, 1.807) is 0 Å². The van der Waals surface area contributed by atoms with Crippen LogP contribution in [-0.2, 0) is 10.2 Å². The standard InChI is InChI=1S/C23H29F2N3O/c1-21(2)11-15-17(16(29)12-21)22(3,14-7-5-4-6-8-14)18-19(27-28-20(18)26-15)13-9-23(24,25)10-13/h4-8,13,18-20,26-28H,9-12H2,1-3H3/t18?,19?,20?,22-/m1/s1. The number of benzene rings is 1. The molecule has 2 aliphatic carbocycles. The highest BCUT2D eigenvalue weighted by atomic mass is 19.3. The highest BCUT2D eigenvalue weighted by Crippen LogP contribution is 2.55. The average molecular weight is 402 g/mol. The summed E-state index contributed by atoms with van der Waals surface area (Å²) in [5.41, 5.74) is 8.98. The average Bonchev–Trinajstić information content (AvgIpc) is 3.03. The first-order chi connectivity index (χ1) is 13.6. The molecule has 3 N–H and O–H groups in total. The number of alkyl halides is 2. The number of hydrazine groups is 1. The summed E-state index contributed by atoms with van der Waals surface area (Å²) in [5, 5.41) is 3.58. The van der Waals surface area contributed by atoms with Crippen molar-refractivity contribution in [3.05, 3.63) is 47.2 Å². The molecule has 4 nitrogen and oxygen atoms in total. The summed E-state index contributed by atoms with van der Waals surface area (Å²) >= 11 is 0. The highest BCUT2D eigenvalue weighted by Gasteiger charge is 2.61. The van der Waals surface area contributed by atoms with Gasteiger partial charge in [-0.25, -0.2) is 14.2 Å². The van der Waals surface area contributed by atoms with Crippen molar-refractivity contribution in [2.45, 2.75) is 70.0 Å². The smallest absolute Gasteiger partial charge is 0.248 e. The van der Waals surface area contributed by atoms with Crippen LogP contribution in [0.4, 0.5) is 8.78 Å². The van der Waals surface area contributed by atoms with Crippen LogP contribution in [0.25, 0.3) is 0 Å². The first-order valence-corrected chi connectivity index (χ1v) is 10.6. The van der Waals surface area contributed by atoms with E-state index in [1.807, 2.05) is 18.2 Å². The number of fused-ring (bicyclic) bond motifs is 1. The van der Waals surface area contributed by atoms with Crippen LogP contribution in [-0.4, -0.2) is 23.9 Å². The second-order valence-corrected chi connectivity index (χ2v) is 10.3. The van der Waals surface area contributed by atoms with E-state index >= 15 is 0 Å². The van der Waals surface area contributed by atoms with E-state index in [-0.39, 0.29) is 48.1 Å². The van der Waals surface area contributed by atoms with Gasteiger partial charge in [0.2, 0.25) is 5.92 Å². The minimum Gasteiger partial charge on any atom is -0.371 e. The van der Waals surface area contributed by atoms with Gasteiger partial charge in [-0.1, -0.05) is 51.1 Å². The minimum atomic E-state index is -2.56. The first kappa shape index (κ1) is 19.2. The molecule has 0 aromatic heterocycles. The van der Waals surface area contributed by atoms with Crippen LogP contribution in [0.2, 0.25) is 0 Å². The number of nitrogens with one attached hydrogen (secondary N) is 3. The summed E-state index contributed by atoms with van der Waals surface area (Å²) in [6.07, 6.45) is 1.05. The van der Waals surface area contributed by atoms with E-state index in [1.165, 1.54) is 0 Å². The number of halogens is 2. The lowest BCUT2D eigenvalue weighted by Gasteiger charge is -2.52. The van der Waals surface area contributed by atoms with Crippen molar-refractivity contribution >= 4 is 5.78 Å². The molecule has 0 amide bonds. The zero-order valence-corrected chi connectivity index (χ0v) is 17.2. The van der Waals surface area contributed by atoms with Gasteiger partial charge in [-0.2, -0.15) is 0 Å². The van der Waals surface area contributed by atoms with Gasteiger partial charge in [-0.05, 0) is 23.3 Å². The molecule has 1 saturated carbocycles. The number of allylic oxidation sites excluding steroid dienone is 2. The van der Waals surface area contributed by atoms with Crippen LogP contribution in [0.5, 0.6) is 0 Å². The summed E-state index contributed by atoms with van der Waals surface area (Å²) in [6, 6.07) is 10.0. The zero-order chi connectivity index (χ0) is 20.6. The summed E-state index contributed by atoms with van der Waals surface area (Å²) in [6.45, 7) is 6.40. The summed E-state index contributed by atoms with van der Waals surface area (Å²) in [5.74, 6) is -2.52. The van der Waals surface area contributed by atoms with Gasteiger partial charge in [-0.15, -0.1) is 0 Å². The van der Waals surface area contributed by atoms with Crippen molar-refractivity contribution in [1.82, 2.24) is 16.2 Å². The van der Waals surface area contributed by atoms with Crippen molar-refractivity contribution in [1.29, 1.82) is 0 Å².